The summed E-state index contributed by atoms with van der Waals surface area (Å²) in [6, 6.07) is 0. The molecule has 0 amide bonds. The largest absolute Gasteiger partial charge is 0.481 e. The number of ether oxygens (including phenoxy) is 1. The van der Waals surface area contributed by atoms with E-state index in [1.165, 1.54) is 0 Å². The van der Waals surface area contributed by atoms with Gasteiger partial charge in [0.25, 0.3) is 0 Å². The first-order chi connectivity index (χ1) is 9.01. The van der Waals surface area contributed by atoms with Crippen LogP contribution in [0, 0.1) is 6.92 Å². The molecule has 0 bridgehead atoms. The topological polar surface area (TPSA) is 65.1 Å². The van der Waals surface area contributed by atoms with Gasteiger partial charge in [0.1, 0.15) is 6.10 Å². The lowest BCUT2D eigenvalue weighted by molar-refractivity contribution is 0.200. The van der Waals surface area contributed by atoms with Crippen LogP contribution < -0.4 is 4.74 Å². The molecule has 0 spiro atoms. The summed E-state index contributed by atoms with van der Waals surface area (Å²) in [6.45, 7) is 4.50. The molecule has 6 nitrogen and oxygen atoms in total. The molecule has 104 valence electrons. The minimum Gasteiger partial charge on any atom is -0.481 e. The van der Waals surface area contributed by atoms with Crippen molar-refractivity contribution < 1.29 is 9.84 Å². The van der Waals surface area contributed by atoms with E-state index in [2.05, 4.69) is 26.1 Å². The predicted molar refractivity (Wildman–Crippen MR) is 74.2 cm³/mol. The molecule has 1 atom stereocenters. The van der Waals surface area contributed by atoms with Gasteiger partial charge in [0.15, 0.2) is 0 Å². The quantitative estimate of drug-likeness (QED) is 0.929. The fourth-order valence-corrected chi connectivity index (χ4v) is 2.76. The van der Waals surface area contributed by atoms with Gasteiger partial charge in [-0.25, -0.2) is 4.68 Å². The second kappa shape index (κ2) is 5.34. The van der Waals surface area contributed by atoms with Crippen LogP contribution in [-0.2, 0) is 13.6 Å². The van der Waals surface area contributed by atoms with Crippen LogP contribution in [0.5, 0.6) is 5.88 Å². The van der Waals surface area contributed by atoms with Crippen LogP contribution in [0.15, 0.2) is 10.7 Å². The summed E-state index contributed by atoms with van der Waals surface area (Å²) in [6.07, 6.45) is 0.848. The highest BCUT2D eigenvalue weighted by atomic mass is 79.9. The van der Waals surface area contributed by atoms with Gasteiger partial charge >= 0.3 is 0 Å². The molecule has 7 heteroatoms. The van der Waals surface area contributed by atoms with Crippen molar-refractivity contribution >= 4 is 15.9 Å². The molecule has 0 aliphatic heterocycles. The zero-order chi connectivity index (χ0) is 14.2. The minimum absolute atomic E-state index is 0.556. The summed E-state index contributed by atoms with van der Waals surface area (Å²) in [5, 5.41) is 19.2. The van der Waals surface area contributed by atoms with Crippen molar-refractivity contribution in [2.24, 2.45) is 7.05 Å². The van der Waals surface area contributed by atoms with Gasteiger partial charge in [0.2, 0.25) is 5.88 Å². The molecule has 0 aromatic carbocycles. The lowest BCUT2D eigenvalue weighted by Crippen LogP contribution is -2.11. The first kappa shape index (κ1) is 14.1. The van der Waals surface area contributed by atoms with Crippen LogP contribution in [0.4, 0.5) is 0 Å². The van der Waals surface area contributed by atoms with Crippen molar-refractivity contribution in [2.75, 3.05) is 7.11 Å². The van der Waals surface area contributed by atoms with Crippen molar-refractivity contribution in [3.8, 4) is 5.88 Å². The predicted octanol–water partition coefficient (Wildman–Crippen LogP) is 1.80. The number of nitrogens with zero attached hydrogens (tertiary/aromatic N) is 4. The third-order valence-corrected chi connectivity index (χ3v) is 3.68. The number of hydrogen-bond donors (Lipinski definition) is 1. The molecule has 2 aromatic heterocycles. The molecule has 0 fully saturated rings. The fourth-order valence-electron chi connectivity index (χ4n) is 2.24. The summed E-state index contributed by atoms with van der Waals surface area (Å²) < 4.78 is 9.47. The van der Waals surface area contributed by atoms with E-state index in [0.29, 0.717) is 23.7 Å². The van der Waals surface area contributed by atoms with Gasteiger partial charge in [0.05, 0.1) is 34.7 Å². The van der Waals surface area contributed by atoms with E-state index in [0.717, 1.165) is 10.2 Å². The second-order valence-corrected chi connectivity index (χ2v) is 5.08. The molecular weight excluding hydrogens is 312 g/mol. The Morgan fingerprint density at radius 1 is 1.53 bits per heavy atom. The van der Waals surface area contributed by atoms with Crippen LogP contribution in [0.2, 0.25) is 0 Å². The van der Waals surface area contributed by atoms with Crippen molar-refractivity contribution in [3.63, 3.8) is 0 Å². The van der Waals surface area contributed by atoms with E-state index in [1.54, 1.807) is 29.7 Å². The number of aromatic nitrogens is 4. The van der Waals surface area contributed by atoms with Crippen LogP contribution in [-0.4, -0.2) is 31.8 Å². The van der Waals surface area contributed by atoms with Gasteiger partial charge in [-0.15, -0.1) is 0 Å². The summed E-state index contributed by atoms with van der Waals surface area (Å²) in [5.41, 5.74) is 2.11. The third-order valence-electron chi connectivity index (χ3n) is 3.07. The Balaban J connectivity index is 2.55. The molecule has 2 aromatic rings. The molecule has 0 aliphatic rings. The molecule has 2 rings (SSSR count). The van der Waals surface area contributed by atoms with Crippen LogP contribution in [0.25, 0.3) is 0 Å². The lowest BCUT2D eigenvalue weighted by Gasteiger charge is -2.14. The van der Waals surface area contributed by atoms with Gasteiger partial charge < -0.3 is 9.84 Å². The number of aliphatic hydroxyl groups is 1. The van der Waals surface area contributed by atoms with E-state index >= 15 is 0 Å². The molecule has 1 N–H and O–H groups in total. The molecule has 2 heterocycles. The van der Waals surface area contributed by atoms with Crippen molar-refractivity contribution in [1.82, 2.24) is 19.6 Å². The van der Waals surface area contributed by atoms with Gasteiger partial charge in [-0.3, -0.25) is 4.68 Å². The third kappa shape index (κ3) is 2.28. The molecular formula is C12H17BrN4O2. The Morgan fingerprint density at radius 2 is 2.21 bits per heavy atom. The van der Waals surface area contributed by atoms with Gasteiger partial charge in [-0.1, -0.05) is 0 Å². The highest BCUT2D eigenvalue weighted by Gasteiger charge is 2.27. The summed E-state index contributed by atoms with van der Waals surface area (Å²) in [5.74, 6) is 0.556. The van der Waals surface area contributed by atoms with Crippen molar-refractivity contribution in [1.29, 1.82) is 0 Å². The van der Waals surface area contributed by atoms with E-state index < -0.39 is 6.10 Å². The normalized spacial score (nSPS) is 12.7. The SMILES string of the molecule is CCn1ncc(Br)c1C(O)c1c(C)nn(C)c1OC. The minimum atomic E-state index is -0.833. The zero-order valence-corrected chi connectivity index (χ0v) is 13.0. The Morgan fingerprint density at radius 3 is 2.79 bits per heavy atom. The van der Waals surface area contributed by atoms with Crippen molar-refractivity contribution in [3.05, 3.63) is 27.6 Å². The molecule has 19 heavy (non-hydrogen) atoms. The number of halogens is 1. The van der Waals surface area contributed by atoms with Gasteiger partial charge in [-0.2, -0.15) is 10.2 Å². The molecule has 0 aliphatic carbocycles. The van der Waals surface area contributed by atoms with Crippen molar-refractivity contribution in [2.45, 2.75) is 26.5 Å². The lowest BCUT2D eigenvalue weighted by atomic mass is 10.1. The maximum atomic E-state index is 10.7. The summed E-state index contributed by atoms with van der Waals surface area (Å²) in [4.78, 5) is 0. The molecule has 0 radical (unpaired) electrons. The summed E-state index contributed by atoms with van der Waals surface area (Å²) in [7, 11) is 3.35. The Hall–Kier alpha value is -1.34. The highest BCUT2D eigenvalue weighted by molar-refractivity contribution is 9.10. The highest BCUT2D eigenvalue weighted by Crippen LogP contribution is 2.35. The number of rotatable bonds is 4. The fraction of sp³-hybridized carbons (Fsp3) is 0.500. The first-order valence-electron chi connectivity index (χ1n) is 5.98. The van der Waals surface area contributed by atoms with E-state index in [9.17, 15) is 5.11 Å². The first-order valence-corrected chi connectivity index (χ1v) is 6.77. The van der Waals surface area contributed by atoms with E-state index in [1.807, 2.05) is 13.8 Å². The van der Waals surface area contributed by atoms with Crippen LogP contribution >= 0.6 is 15.9 Å². The van der Waals surface area contributed by atoms with Crippen LogP contribution in [0.3, 0.4) is 0 Å². The maximum Gasteiger partial charge on any atom is 0.217 e. The molecule has 0 saturated carbocycles. The zero-order valence-electron chi connectivity index (χ0n) is 11.4. The summed E-state index contributed by atoms with van der Waals surface area (Å²) >= 11 is 3.42. The Labute approximate surface area is 120 Å². The maximum absolute atomic E-state index is 10.7. The molecule has 1 unspecified atom stereocenters. The smallest absolute Gasteiger partial charge is 0.217 e. The second-order valence-electron chi connectivity index (χ2n) is 4.23. The van der Waals surface area contributed by atoms with E-state index in [-0.39, 0.29) is 0 Å². The molecule has 0 saturated heterocycles. The Bertz CT molecular complexity index is 591. The number of methoxy groups -OCH3 is 1. The number of aliphatic hydroxyl groups excluding tert-OH is 1. The van der Waals surface area contributed by atoms with E-state index in [4.69, 9.17) is 4.74 Å². The average molecular weight is 329 g/mol. The standard InChI is InChI=1S/C12H17BrN4O2/c1-5-17-10(8(13)6-14-17)11(18)9-7(2)15-16(3)12(9)19-4/h6,11,18H,5H2,1-4H3. The Kier molecular flexibility index (Phi) is 3.96. The average Bonchev–Trinajstić information content (AvgIpc) is 2.88. The van der Waals surface area contributed by atoms with Crippen LogP contribution in [0.1, 0.15) is 30.0 Å². The number of hydrogen-bond acceptors (Lipinski definition) is 4. The number of aryl methyl sites for hydroxylation is 3. The van der Waals surface area contributed by atoms with Gasteiger partial charge in [-0.05, 0) is 29.8 Å². The van der Waals surface area contributed by atoms with Gasteiger partial charge in [0, 0.05) is 13.6 Å². The monoisotopic (exact) mass is 328 g/mol.